The minimum atomic E-state index is -1.40. The molecule has 0 fully saturated rings. The van der Waals surface area contributed by atoms with Gasteiger partial charge >= 0.3 is 24.2 Å². The first kappa shape index (κ1) is 36.7. The highest BCUT2D eigenvalue weighted by Crippen LogP contribution is 2.37. The Labute approximate surface area is 249 Å². The monoisotopic (exact) mass is 595 g/mol. The van der Waals surface area contributed by atoms with Gasteiger partial charge in [-0.2, -0.15) is 0 Å². The first-order valence-corrected chi connectivity index (χ1v) is 14.7. The topological polar surface area (TPSA) is 161 Å². The molecule has 0 amide bonds. The van der Waals surface area contributed by atoms with E-state index in [1.54, 1.807) is 27.7 Å². The molecule has 0 heterocycles. The van der Waals surface area contributed by atoms with E-state index < -0.39 is 54.5 Å². The van der Waals surface area contributed by atoms with Crippen LogP contribution >= 0.6 is 0 Å². The SMILES string of the molecule is CCCCCC(=O)OC(C)C(C)C(c1ccc(OC(=O)OC(C)C(C)C)c(OC(=O)OC(C)C(C)C)c1)[C@H](N)C(=O)O. The van der Waals surface area contributed by atoms with Gasteiger partial charge in [0.05, 0.1) is 0 Å². The van der Waals surface area contributed by atoms with Gasteiger partial charge in [-0.1, -0.05) is 60.5 Å². The van der Waals surface area contributed by atoms with Crippen LogP contribution in [0, 0.1) is 17.8 Å². The molecule has 5 unspecified atom stereocenters. The molecule has 1 aromatic rings. The van der Waals surface area contributed by atoms with Gasteiger partial charge in [0.15, 0.2) is 11.5 Å². The van der Waals surface area contributed by atoms with Crippen LogP contribution in [0.3, 0.4) is 0 Å². The second-order valence-electron chi connectivity index (χ2n) is 11.4. The van der Waals surface area contributed by atoms with E-state index in [0.29, 0.717) is 12.0 Å². The van der Waals surface area contributed by atoms with Gasteiger partial charge in [-0.15, -0.1) is 0 Å². The van der Waals surface area contributed by atoms with Crippen molar-refractivity contribution < 1.29 is 48.0 Å². The Bertz CT molecular complexity index is 1040. The van der Waals surface area contributed by atoms with Crippen LogP contribution in [0.15, 0.2) is 18.2 Å². The Morgan fingerprint density at radius 1 is 0.762 bits per heavy atom. The molecule has 0 aliphatic carbocycles. The molecule has 1 aromatic carbocycles. The summed E-state index contributed by atoms with van der Waals surface area (Å²) >= 11 is 0. The predicted octanol–water partition coefficient (Wildman–Crippen LogP) is 6.45. The lowest BCUT2D eigenvalue weighted by Crippen LogP contribution is -2.42. The van der Waals surface area contributed by atoms with E-state index in [-0.39, 0.29) is 35.7 Å². The summed E-state index contributed by atoms with van der Waals surface area (Å²) in [6.07, 6.45) is -0.835. The number of carboxylic acids is 1. The summed E-state index contributed by atoms with van der Waals surface area (Å²) in [6, 6.07) is 2.85. The van der Waals surface area contributed by atoms with Gasteiger partial charge in [0, 0.05) is 18.3 Å². The summed E-state index contributed by atoms with van der Waals surface area (Å²) in [5, 5.41) is 9.81. The van der Waals surface area contributed by atoms with Gasteiger partial charge in [0.25, 0.3) is 0 Å². The van der Waals surface area contributed by atoms with Crippen LogP contribution in [0.4, 0.5) is 9.59 Å². The summed E-state index contributed by atoms with van der Waals surface area (Å²) in [5.41, 5.74) is 6.50. The van der Waals surface area contributed by atoms with Gasteiger partial charge in [-0.05, 0) is 56.7 Å². The van der Waals surface area contributed by atoms with Gasteiger partial charge in [-0.3, -0.25) is 9.59 Å². The third kappa shape index (κ3) is 11.9. The minimum Gasteiger partial charge on any atom is -0.480 e. The molecule has 11 nitrogen and oxygen atoms in total. The molecule has 238 valence electrons. The number of nitrogens with two attached hydrogens (primary N) is 1. The van der Waals surface area contributed by atoms with E-state index in [0.717, 1.165) is 12.8 Å². The predicted molar refractivity (Wildman–Crippen MR) is 156 cm³/mol. The number of carbonyl (C=O) groups excluding carboxylic acids is 3. The molecule has 0 aliphatic heterocycles. The maximum Gasteiger partial charge on any atom is 0.514 e. The number of hydrogen-bond acceptors (Lipinski definition) is 10. The Balaban J connectivity index is 3.43. The molecule has 0 spiro atoms. The molecule has 3 N–H and O–H groups in total. The highest BCUT2D eigenvalue weighted by atomic mass is 16.7. The van der Waals surface area contributed by atoms with Crippen molar-refractivity contribution in [2.45, 2.75) is 118 Å². The summed E-state index contributed by atoms with van der Waals surface area (Å²) in [6.45, 7) is 16.4. The summed E-state index contributed by atoms with van der Waals surface area (Å²) in [4.78, 5) is 49.5. The lowest BCUT2D eigenvalue weighted by molar-refractivity contribution is -0.151. The molecule has 1 rings (SSSR count). The molecule has 0 aliphatic rings. The van der Waals surface area contributed by atoms with Crippen LogP contribution in [0.5, 0.6) is 11.5 Å². The van der Waals surface area contributed by atoms with E-state index in [4.69, 9.17) is 29.4 Å². The molecular formula is C31H49NO10. The third-order valence-electron chi connectivity index (χ3n) is 7.46. The van der Waals surface area contributed by atoms with Gasteiger partial charge in [0.1, 0.15) is 24.4 Å². The summed E-state index contributed by atoms with van der Waals surface area (Å²) in [5.74, 6) is -3.38. The van der Waals surface area contributed by atoms with Gasteiger partial charge in [0.2, 0.25) is 0 Å². The molecular weight excluding hydrogens is 546 g/mol. The molecule has 0 saturated heterocycles. The van der Waals surface area contributed by atoms with E-state index in [1.807, 2.05) is 34.6 Å². The Morgan fingerprint density at radius 2 is 1.29 bits per heavy atom. The first-order chi connectivity index (χ1) is 19.6. The zero-order valence-corrected chi connectivity index (χ0v) is 26.4. The Morgan fingerprint density at radius 3 is 1.76 bits per heavy atom. The number of rotatable bonds is 16. The van der Waals surface area contributed by atoms with Crippen molar-refractivity contribution in [2.75, 3.05) is 0 Å². The summed E-state index contributed by atoms with van der Waals surface area (Å²) in [7, 11) is 0. The fourth-order valence-corrected chi connectivity index (χ4v) is 3.88. The number of carboxylic acid groups (broad SMARTS) is 1. The van der Waals surface area contributed by atoms with Crippen LogP contribution in [-0.2, 0) is 23.8 Å². The van der Waals surface area contributed by atoms with Crippen LogP contribution < -0.4 is 15.2 Å². The lowest BCUT2D eigenvalue weighted by Gasteiger charge is -2.32. The number of aliphatic carboxylic acids is 1. The maximum absolute atomic E-state index is 12.6. The van der Waals surface area contributed by atoms with Gasteiger partial charge < -0.3 is 34.5 Å². The van der Waals surface area contributed by atoms with Crippen LogP contribution in [-0.4, -0.2) is 53.7 Å². The van der Waals surface area contributed by atoms with Crippen molar-refractivity contribution in [3.63, 3.8) is 0 Å². The molecule has 42 heavy (non-hydrogen) atoms. The number of hydrogen-bond donors (Lipinski definition) is 2. The normalized spacial score (nSPS) is 15.6. The highest BCUT2D eigenvalue weighted by molar-refractivity contribution is 5.75. The van der Waals surface area contributed by atoms with E-state index >= 15 is 0 Å². The highest BCUT2D eigenvalue weighted by Gasteiger charge is 2.36. The van der Waals surface area contributed by atoms with Crippen LogP contribution in [0.25, 0.3) is 0 Å². The fraction of sp³-hybridized carbons (Fsp3) is 0.677. The average Bonchev–Trinajstić information content (AvgIpc) is 2.89. The van der Waals surface area contributed by atoms with Crippen LogP contribution in [0.2, 0.25) is 0 Å². The molecule has 0 aromatic heterocycles. The van der Waals surface area contributed by atoms with Crippen molar-refractivity contribution in [1.29, 1.82) is 0 Å². The third-order valence-corrected chi connectivity index (χ3v) is 7.46. The van der Waals surface area contributed by atoms with Crippen molar-refractivity contribution >= 4 is 24.2 Å². The molecule has 11 heteroatoms. The van der Waals surface area contributed by atoms with E-state index in [9.17, 15) is 24.3 Å². The first-order valence-electron chi connectivity index (χ1n) is 14.7. The van der Waals surface area contributed by atoms with Crippen LogP contribution in [0.1, 0.15) is 99.5 Å². The van der Waals surface area contributed by atoms with E-state index in [2.05, 4.69) is 0 Å². The Hall–Kier alpha value is -3.34. The molecule has 0 saturated carbocycles. The second-order valence-corrected chi connectivity index (χ2v) is 11.4. The quantitative estimate of drug-likeness (QED) is 0.0935. The standard InChI is InChI=1S/C31H49NO10/c1-10-11-12-13-26(33)38-22(9)19(6)27(28(32)29(34)35)23-14-15-24(41-30(36)39-20(7)17(2)3)25(16-23)42-31(37)40-21(8)18(4)5/h14-22,27-28H,10-13,32H2,1-9H3,(H,34,35)/t19?,20?,21?,22?,27?,28-/m0/s1. The zero-order valence-electron chi connectivity index (χ0n) is 26.4. The van der Waals surface area contributed by atoms with Gasteiger partial charge in [-0.25, -0.2) is 9.59 Å². The number of unbranched alkanes of at least 4 members (excludes halogenated alkanes) is 2. The number of carbonyl (C=O) groups is 4. The lowest BCUT2D eigenvalue weighted by atomic mass is 9.79. The largest absolute Gasteiger partial charge is 0.514 e. The number of ether oxygens (including phenoxy) is 5. The maximum atomic E-state index is 12.6. The minimum absolute atomic E-state index is 0.0112. The fourth-order valence-electron chi connectivity index (χ4n) is 3.88. The van der Waals surface area contributed by atoms with Crippen molar-refractivity contribution in [1.82, 2.24) is 0 Å². The molecule has 0 bridgehead atoms. The average molecular weight is 596 g/mol. The number of esters is 1. The Kier molecular flexibility index (Phi) is 15.4. The van der Waals surface area contributed by atoms with E-state index in [1.165, 1.54) is 18.2 Å². The van der Waals surface area contributed by atoms with Crippen molar-refractivity contribution in [3.05, 3.63) is 23.8 Å². The smallest absolute Gasteiger partial charge is 0.480 e. The van der Waals surface area contributed by atoms with Crippen molar-refractivity contribution in [3.8, 4) is 11.5 Å². The van der Waals surface area contributed by atoms with Crippen molar-refractivity contribution in [2.24, 2.45) is 23.5 Å². The summed E-state index contributed by atoms with van der Waals surface area (Å²) < 4.78 is 27.0. The molecule has 0 radical (unpaired) electrons. The zero-order chi connectivity index (χ0) is 32.1. The number of benzene rings is 1. The molecule has 6 atom stereocenters. The second kappa shape index (κ2) is 17.6.